The maximum absolute atomic E-state index is 12.7. The van der Waals surface area contributed by atoms with Crippen LogP contribution in [-0.2, 0) is 10.0 Å². The molecule has 1 aliphatic heterocycles. The van der Waals surface area contributed by atoms with Gasteiger partial charge in [0.25, 0.3) is 5.91 Å². The molecule has 2 heterocycles. The summed E-state index contributed by atoms with van der Waals surface area (Å²) in [5.41, 5.74) is 0.927. The molecule has 1 aromatic heterocycles. The predicted molar refractivity (Wildman–Crippen MR) is 112 cm³/mol. The summed E-state index contributed by atoms with van der Waals surface area (Å²) in [6.07, 6.45) is 2.79. The highest BCUT2D eigenvalue weighted by Gasteiger charge is 2.25. The van der Waals surface area contributed by atoms with E-state index in [-0.39, 0.29) is 16.0 Å². The number of nitrogens with zero attached hydrogens (tertiary/aromatic N) is 1. The Bertz CT molecular complexity index is 1210. The van der Waals surface area contributed by atoms with Gasteiger partial charge in [-0.2, -0.15) is 4.31 Å². The molecule has 2 N–H and O–H groups in total. The molecule has 1 fully saturated rings. The number of hydrogen-bond acceptors (Lipinski definition) is 4. The number of fused-ring (bicyclic) bond motifs is 1. The Kier molecular flexibility index (Phi) is 5.21. The average molecular weight is 411 g/mol. The van der Waals surface area contributed by atoms with Crippen LogP contribution < -0.4 is 10.9 Å². The van der Waals surface area contributed by atoms with Gasteiger partial charge in [0.2, 0.25) is 15.6 Å². The molecular formula is C21H21N3O4S. The summed E-state index contributed by atoms with van der Waals surface area (Å²) in [4.78, 5) is 27.5. The van der Waals surface area contributed by atoms with Gasteiger partial charge in [-0.25, -0.2) is 8.42 Å². The lowest BCUT2D eigenvalue weighted by Crippen LogP contribution is -2.35. The van der Waals surface area contributed by atoms with E-state index in [2.05, 4.69) is 10.3 Å². The van der Waals surface area contributed by atoms with Crippen LogP contribution in [0.3, 0.4) is 0 Å². The zero-order valence-electron chi connectivity index (χ0n) is 15.7. The molecule has 0 saturated carbocycles. The first-order chi connectivity index (χ1) is 13.9. The number of amides is 1. The fourth-order valence-corrected chi connectivity index (χ4v) is 5.07. The number of nitrogens with one attached hydrogen (secondary N) is 2. The second-order valence-electron chi connectivity index (χ2n) is 7.04. The van der Waals surface area contributed by atoms with E-state index in [0.717, 1.165) is 19.3 Å². The maximum Gasteiger partial charge on any atom is 0.256 e. The molecule has 0 aliphatic carbocycles. The monoisotopic (exact) mass is 411 g/mol. The van der Waals surface area contributed by atoms with E-state index >= 15 is 0 Å². The standard InChI is InChI=1S/C21H21N3O4S/c25-20-14-18(17-6-2-3-7-19(17)23-20)21(26)22-15-8-10-16(11-9-15)29(27,28)24-12-4-1-5-13-24/h2-3,6-11,14H,1,4-5,12-13H2,(H,22,26)(H,23,25). The number of piperidine rings is 1. The van der Waals surface area contributed by atoms with Gasteiger partial charge in [0.15, 0.2) is 0 Å². The van der Waals surface area contributed by atoms with Gasteiger partial charge in [0, 0.05) is 35.7 Å². The third-order valence-electron chi connectivity index (χ3n) is 5.06. The minimum absolute atomic E-state index is 0.207. The number of sulfonamides is 1. The van der Waals surface area contributed by atoms with Crippen LogP contribution in [0.25, 0.3) is 10.9 Å². The minimum atomic E-state index is -3.52. The summed E-state index contributed by atoms with van der Waals surface area (Å²) in [5, 5.41) is 3.37. The third-order valence-corrected chi connectivity index (χ3v) is 6.97. The first-order valence-corrected chi connectivity index (χ1v) is 10.9. The maximum atomic E-state index is 12.7. The van der Waals surface area contributed by atoms with Gasteiger partial charge in [0.05, 0.1) is 10.5 Å². The van der Waals surface area contributed by atoms with Crippen molar-refractivity contribution in [1.29, 1.82) is 0 Å². The molecule has 2 aromatic carbocycles. The number of aromatic nitrogens is 1. The lowest BCUT2D eigenvalue weighted by atomic mass is 10.1. The summed E-state index contributed by atoms with van der Waals surface area (Å²) in [7, 11) is -3.52. The molecule has 0 bridgehead atoms. The quantitative estimate of drug-likeness (QED) is 0.689. The van der Waals surface area contributed by atoms with Crippen molar-refractivity contribution in [2.45, 2.75) is 24.2 Å². The zero-order chi connectivity index (χ0) is 20.4. The molecule has 4 rings (SSSR count). The molecular weight excluding hydrogens is 390 g/mol. The Morgan fingerprint density at radius 1 is 0.966 bits per heavy atom. The summed E-state index contributed by atoms with van der Waals surface area (Å²) in [5.74, 6) is -0.432. The fraction of sp³-hybridized carbons (Fsp3) is 0.238. The highest BCUT2D eigenvalue weighted by Crippen LogP contribution is 2.23. The zero-order valence-corrected chi connectivity index (χ0v) is 16.5. The van der Waals surface area contributed by atoms with E-state index in [1.807, 2.05) is 0 Å². The number of H-pyrrole nitrogens is 1. The summed E-state index contributed by atoms with van der Waals surface area (Å²) < 4.78 is 27.0. The van der Waals surface area contributed by atoms with Gasteiger partial charge in [0.1, 0.15) is 0 Å². The number of carbonyl (C=O) groups is 1. The number of carbonyl (C=O) groups excluding carboxylic acids is 1. The van der Waals surface area contributed by atoms with Gasteiger partial charge in [-0.05, 0) is 43.2 Å². The normalized spacial score (nSPS) is 15.3. The van der Waals surface area contributed by atoms with Crippen LogP contribution >= 0.6 is 0 Å². The first-order valence-electron chi connectivity index (χ1n) is 9.49. The predicted octanol–water partition coefficient (Wildman–Crippen LogP) is 2.96. The molecule has 1 amide bonds. The lowest BCUT2D eigenvalue weighted by molar-refractivity contribution is 0.102. The van der Waals surface area contributed by atoms with Crippen LogP contribution in [0.15, 0.2) is 64.3 Å². The van der Waals surface area contributed by atoms with E-state index in [0.29, 0.717) is 29.7 Å². The van der Waals surface area contributed by atoms with Crippen molar-refractivity contribution in [3.05, 3.63) is 70.5 Å². The first kappa shape index (κ1) is 19.4. The Labute approximate surface area is 168 Å². The number of aromatic amines is 1. The number of pyridine rings is 1. The Hall–Kier alpha value is -2.97. The number of anilines is 1. The van der Waals surface area contributed by atoms with Gasteiger partial charge in [-0.3, -0.25) is 9.59 Å². The van der Waals surface area contributed by atoms with Crippen molar-refractivity contribution in [3.8, 4) is 0 Å². The summed E-state index contributed by atoms with van der Waals surface area (Å²) in [6, 6.07) is 14.4. The van der Waals surface area contributed by atoms with Crippen molar-refractivity contribution in [2.24, 2.45) is 0 Å². The summed E-state index contributed by atoms with van der Waals surface area (Å²) in [6.45, 7) is 1.08. The molecule has 3 aromatic rings. The van der Waals surface area contributed by atoms with E-state index in [4.69, 9.17) is 0 Å². The SMILES string of the molecule is O=C(Nc1ccc(S(=O)(=O)N2CCCCC2)cc1)c1cc(=O)[nH]c2ccccc12. The van der Waals surface area contributed by atoms with Crippen LogP contribution in [0, 0.1) is 0 Å². The van der Waals surface area contributed by atoms with Crippen molar-refractivity contribution >= 4 is 32.5 Å². The molecule has 1 saturated heterocycles. The van der Waals surface area contributed by atoms with Gasteiger partial charge in [-0.1, -0.05) is 24.6 Å². The fourth-order valence-electron chi connectivity index (χ4n) is 3.56. The Morgan fingerprint density at radius 2 is 1.66 bits per heavy atom. The van der Waals surface area contributed by atoms with Crippen LogP contribution in [0.4, 0.5) is 5.69 Å². The highest BCUT2D eigenvalue weighted by molar-refractivity contribution is 7.89. The lowest BCUT2D eigenvalue weighted by Gasteiger charge is -2.25. The van der Waals surface area contributed by atoms with Crippen molar-refractivity contribution in [1.82, 2.24) is 9.29 Å². The molecule has 1 aliphatic rings. The van der Waals surface area contributed by atoms with E-state index in [1.165, 1.54) is 22.5 Å². The van der Waals surface area contributed by atoms with E-state index in [9.17, 15) is 18.0 Å². The molecule has 29 heavy (non-hydrogen) atoms. The average Bonchev–Trinajstić information content (AvgIpc) is 2.74. The minimum Gasteiger partial charge on any atom is -0.322 e. The Morgan fingerprint density at radius 3 is 2.38 bits per heavy atom. The number of para-hydroxylation sites is 1. The molecule has 0 radical (unpaired) electrons. The Balaban J connectivity index is 1.57. The van der Waals surface area contributed by atoms with Crippen molar-refractivity contribution in [2.75, 3.05) is 18.4 Å². The van der Waals surface area contributed by atoms with E-state index in [1.54, 1.807) is 36.4 Å². The molecule has 7 nitrogen and oxygen atoms in total. The molecule has 8 heteroatoms. The second kappa shape index (κ2) is 7.81. The number of hydrogen-bond donors (Lipinski definition) is 2. The highest BCUT2D eigenvalue weighted by atomic mass is 32.2. The second-order valence-corrected chi connectivity index (χ2v) is 8.97. The molecule has 150 valence electrons. The number of rotatable bonds is 4. The van der Waals surface area contributed by atoms with Gasteiger partial charge in [-0.15, -0.1) is 0 Å². The summed E-state index contributed by atoms with van der Waals surface area (Å²) >= 11 is 0. The molecule has 0 atom stereocenters. The molecule has 0 spiro atoms. The van der Waals surface area contributed by atoms with Gasteiger partial charge >= 0.3 is 0 Å². The van der Waals surface area contributed by atoms with Gasteiger partial charge < -0.3 is 10.3 Å². The smallest absolute Gasteiger partial charge is 0.256 e. The van der Waals surface area contributed by atoms with Crippen molar-refractivity contribution in [3.63, 3.8) is 0 Å². The van der Waals surface area contributed by atoms with Crippen LogP contribution in [0.5, 0.6) is 0 Å². The third kappa shape index (κ3) is 3.94. The van der Waals surface area contributed by atoms with Crippen LogP contribution in [0.2, 0.25) is 0 Å². The largest absolute Gasteiger partial charge is 0.322 e. The van der Waals surface area contributed by atoms with Crippen molar-refractivity contribution < 1.29 is 13.2 Å². The van der Waals surface area contributed by atoms with Crippen LogP contribution in [-0.4, -0.2) is 36.7 Å². The topological polar surface area (TPSA) is 99.3 Å². The van der Waals surface area contributed by atoms with E-state index < -0.39 is 15.9 Å². The molecule has 0 unspecified atom stereocenters. The number of benzene rings is 2. The van der Waals surface area contributed by atoms with Crippen LogP contribution in [0.1, 0.15) is 29.6 Å².